The van der Waals surface area contributed by atoms with Crippen molar-refractivity contribution in [2.75, 3.05) is 6.54 Å². The van der Waals surface area contributed by atoms with E-state index in [0.29, 0.717) is 6.10 Å². The summed E-state index contributed by atoms with van der Waals surface area (Å²) >= 11 is 0. The van der Waals surface area contributed by atoms with Crippen LogP contribution in [-0.4, -0.2) is 18.7 Å². The number of hydrogen-bond acceptors (Lipinski definition) is 2. The minimum absolute atomic E-state index is 0.397. The fourth-order valence-corrected chi connectivity index (χ4v) is 2.77. The summed E-state index contributed by atoms with van der Waals surface area (Å²) in [4.78, 5) is 0. The first-order chi connectivity index (χ1) is 8.85. The smallest absolute Gasteiger partial charge is 0.123 e. The summed E-state index contributed by atoms with van der Waals surface area (Å²) in [6, 6.07) is 9.28. The number of nitrogens with one attached hydrogen (secondary N) is 1. The lowest BCUT2D eigenvalue weighted by atomic mass is 9.96. The Morgan fingerprint density at radius 1 is 1.33 bits per heavy atom. The number of ether oxygens (including phenoxy) is 1. The van der Waals surface area contributed by atoms with Crippen molar-refractivity contribution < 1.29 is 4.74 Å². The number of fused-ring (bicyclic) bond motifs is 1. The van der Waals surface area contributed by atoms with E-state index in [4.69, 9.17) is 4.74 Å². The van der Waals surface area contributed by atoms with Crippen molar-refractivity contribution in [2.24, 2.45) is 5.92 Å². The van der Waals surface area contributed by atoms with Gasteiger partial charge in [-0.25, -0.2) is 0 Å². The van der Waals surface area contributed by atoms with Gasteiger partial charge >= 0.3 is 0 Å². The van der Waals surface area contributed by atoms with Gasteiger partial charge in [-0.3, -0.25) is 0 Å². The molecule has 2 unspecified atom stereocenters. The lowest BCUT2D eigenvalue weighted by molar-refractivity contribution is 0.189. The van der Waals surface area contributed by atoms with E-state index in [2.05, 4.69) is 36.5 Å². The van der Waals surface area contributed by atoms with E-state index < -0.39 is 0 Å². The molecule has 2 heteroatoms. The Labute approximate surface area is 110 Å². The standard InChI is InChI=1S/C16H23NO/c1-2-12(11-17-14-7-8-14)9-15-10-13-5-3-4-6-16(13)18-15/h3-6,12,14-15,17H,2,7-11H2,1H3. The summed E-state index contributed by atoms with van der Waals surface area (Å²) in [5.74, 6) is 1.86. The lowest BCUT2D eigenvalue weighted by Crippen LogP contribution is -2.28. The second-order valence-electron chi connectivity index (χ2n) is 5.74. The van der Waals surface area contributed by atoms with Crippen LogP contribution in [0.25, 0.3) is 0 Å². The highest BCUT2D eigenvalue weighted by atomic mass is 16.5. The van der Waals surface area contributed by atoms with Crippen LogP contribution in [0, 0.1) is 5.92 Å². The van der Waals surface area contributed by atoms with Gasteiger partial charge in [0.15, 0.2) is 0 Å². The molecule has 18 heavy (non-hydrogen) atoms. The molecule has 0 aromatic heterocycles. The predicted molar refractivity (Wildman–Crippen MR) is 74.0 cm³/mol. The van der Waals surface area contributed by atoms with E-state index in [-0.39, 0.29) is 0 Å². The van der Waals surface area contributed by atoms with Gasteiger partial charge < -0.3 is 10.1 Å². The van der Waals surface area contributed by atoms with Gasteiger partial charge in [-0.05, 0) is 43.4 Å². The van der Waals surface area contributed by atoms with E-state index in [9.17, 15) is 0 Å². The van der Waals surface area contributed by atoms with Crippen LogP contribution in [-0.2, 0) is 6.42 Å². The average molecular weight is 245 g/mol. The molecule has 1 N–H and O–H groups in total. The van der Waals surface area contributed by atoms with Crippen LogP contribution in [0.15, 0.2) is 24.3 Å². The highest BCUT2D eigenvalue weighted by Crippen LogP contribution is 2.31. The maximum atomic E-state index is 6.03. The molecule has 1 aromatic carbocycles. The van der Waals surface area contributed by atoms with E-state index in [1.165, 1.54) is 31.2 Å². The molecule has 1 aliphatic carbocycles. The summed E-state index contributed by atoms with van der Waals surface area (Å²) in [5, 5.41) is 3.65. The van der Waals surface area contributed by atoms with E-state index in [1.807, 2.05) is 0 Å². The molecule has 1 aliphatic heterocycles. The first-order valence-electron chi connectivity index (χ1n) is 7.33. The van der Waals surface area contributed by atoms with Crippen molar-refractivity contribution >= 4 is 0 Å². The first kappa shape index (κ1) is 12.0. The fraction of sp³-hybridized carbons (Fsp3) is 0.625. The molecule has 0 spiro atoms. The van der Waals surface area contributed by atoms with E-state index in [1.54, 1.807) is 0 Å². The van der Waals surface area contributed by atoms with Crippen molar-refractivity contribution in [1.82, 2.24) is 5.32 Å². The van der Waals surface area contributed by atoms with Crippen LogP contribution in [0.5, 0.6) is 5.75 Å². The molecule has 0 saturated heterocycles. The van der Waals surface area contributed by atoms with E-state index >= 15 is 0 Å². The van der Waals surface area contributed by atoms with Gasteiger partial charge in [-0.1, -0.05) is 31.5 Å². The average Bonchev–Trinajstić information content (AvgIpc) is 3.12. The third-order valence-electron chi connectivity index (χ3n) is 4.16. The molecule has 1 saturated carbocycles. The summed E-state index contributed by atoms with van der Waals surface area (Å²) in [6.45, 7) is 3.46. The molecule has 2 atom stereocenters. The topological polar surface area (TPSA) is 21.3 Å². The minimum Gasteiger partial charge on any atom is -0.490 e. The van der Waals surface area contributed by atoms with Gasteiger partial charge in [0.25, 0.3) is 0 Å². The van der Waals surface area contributed by atoms with Gasteiger partial charge in [0.1, 0.15) is 11.9 Å². The molecule has 2 aliphatic rings. The molecule has 0 bridgehead atoms. The Kier molecular flexibility index (Phi) is 3.55. The zero-order chi connectivity index (χ0) is 12.4. The summed E-state index contributed by atoms with van der Waals surface area (Å²) in [7, 11) is 0. The second-order valence-corrected chi connectivity index (χ2v) is 5.74. The first-order valence-corrected chi connectivity index (χ1v) is 7.33. The number of hydrogen-bond donors (Lipinski definition) is 1. The van der Waals surface area contributed by atoms with Crippen molar-refractivity contribution in [3.05, 3.63) is 29.8 Å². The van der Waals surface area contributed by atoms with Gasteiger partial charge in [0.05, 0.1) is 0 Å². The largest absolute Gasteiger partial charge is 0.490 e. The van der Waals surface area contributed by atoms with Crippen molar-refractivity contribution in [1.29, 1.82) is 0 Å². The zero-order valence-electron chi connectivity index (χ0n) is 11.2. The molecule has 1 fully saturated rings. The van der Waals surface area contributed by atoms with Gasteiger partial charge in [-0.15, -0.1) is 0 Å². The monoisotopic (exact) mass is 245 g/mol. The minimum atomic E-state index is 0.397. The molecular formula is C16H23NO. The van der Waals surface area contributed by atoms with Crippen molar-refractivity contribution in [2.45, 2.75) is 51.2 Å². The maximum Gasteiger partial charge on any atom is 0.123 e. The summed E-state index contributed by atoms with van der Waals surface area (Å²) < 4.78 is 6.03. The molecule has 2 nitrogen and oxygen atoms in total. The predicted octanol–water partition coefficient (Wildman–Crippen LogP) is 3.16. The third kappa shape index (κ3) is 2.86. The van der Waals surface area contributed by atoms with Crippen LogP contribution in [0.3, 0.4) is 0 Å². The third-order valence-corrected chi connectivity index (χ3v) is 4.16. The van der Waals surface area contributed by atoms with Crippen LogP contribution >= 0.6 is 0 Å². The van der Waals surface area contributed by atoms with Crippen LogP contribution in [0.1, 0.15) is 38.2 Å². The summed E-state index contributed by atoms with van der Waals surface area (Å²) in [5.41, 5.74) is 1.38. The number of benzene rings is 1. The summed E-state index contributed by atoms with van der Waals surface area (Å²) in [6.07, 6.45) is 6.67. The SMILES string of the molecule is CCC(CNC1CC1)CC1Cc2ccccc2O1. The lowest BCUT2D eigenvalue weighted by Gasteiger charge is -2.19. The zero-order valence-corrected chi connectivity index (χ0v) is 11.2. The number of rotatable bonds is 6. The Morgan fingerprint density at radius 3 is 2.89 bits per heavy atom. The Hall–Kier alpha value is -1.02. The van der Waals surface area contributed by atoms with Crippen molar-refractivity contribution in [3.8, 4) is 5.75 Å². The van der Waals surface area contributed by atoms with Crippen molar-refractivity contribution in [3.63, 3.8) is 0 Å². The molecule has 98 valence electrons. The van der Waals surface area contributed by atoms with Gasteiger partial charge in [0.2, 0.25) is 0 Å². The molecule has 1 heterocycles. The highest BCUT2D eigenvalue weighted by Gasteiger charge is 2.26. The fourth-order valence-electron chi connectivity index (χ4n) is 2.77. The Bertz CT molecular complexity index is 375. The second kappa shape index (κ2) is 5.31. The maximum absolute atomic E-state index is 6.03. The quantitative estimate of drug-likeness (QED) is 0.831. The van der Waals surface area contributed by atoms with E-state index in [0.717, 1.165) is 30.7 Å². The molecule has 0 radical (unpaired) electrons. The molecular weight excluding hydrogens is 222 g/mol. The van der Waals surface area contributed by atoms with Gasteiger partial charge in [0, 0.05) is 12.5 Å². The van der Waals surface area contributed by atoms with Crippen LogP contribution < -0.4 is 10.1 Å². The number of para-hydroxylation sites is 1. The molecule has 0 amide bonds. The normalized spacial score (nSPS) is 23.5. The molecule has 1 aromatic rings. The Morgan fingerprint density at radius 2 is 2.17 bits per heavy atom. The van der Waals surface area contributed by atoms with Crippen LogP contribution in [0.4, 0.5) is 0 Å². The van der Waals surface area contributed by atoms with Crippen LogP contribution in [0.2, 0.25) is 0 Å². The highest BCUT2D eigenvalue weighted by molar-refractivity contribution is 5.37. The molecule has 3 rings (SSSR count). The Balaban J connectivity index is 1.50. The van der Waals surface area contributed by atoms with Gasteiger partial charge in [-0.2, -0.15) is 0 Å².